The third kappa shape index (κ3) is 4.39. The fourth-order valence-electron chi connectivity index (χ4n) is 4.06. The molecule has 0 radical (unpaired) electrons. The zero-order valence-corrected chi connectivity index (χ0v) is 18.7. The summed E-state index contributed by atoms with van der Waals surface area (Å²) in [5.74, 6) is 0.291. The summed E-state index contributed by atoms with van der Waals surface area (Å²) < 4.78 is 5.96. The van der Waals surface area contributed by atoms with Crippen molar-refractivity contribution in [3.8, 4) is 11.3 Å². The number of aryl methyl sites for hydroxylation is 1. The first-order valence-electron chi connectivity index (χ1n) is 11.1. The molecule has 166 valence electrons. The summed E-state index contributed by atoms with van der Waals surface area (Å²) in [7, 11) is 0. The second-order valence-corrected chi connectivity index (χ2v) is 8.28. The summed E-state index contributed by atoms with van der Waals surface area (Å²) >= 11 is 0. The molecule has 0 aliphatic heterocycles. The van der Waals surface area contributed by atoms with Gasteiger partial charge in [0.2, 0.25) is 0 Å². The second-order valence-electron chi connectivity index (χ2n) is 8.28. The van der Waals surface area contributed by atoms with Gasteiger partial charge in [0, 0.05) is 17.2 Å². The lowest BCUT2D eigenvalue weighted by molar-refractivity contribution is 0.0943. The van der Waals surface area contributed by atoms with Crippen LogP contribution in [0.2, 0.25) is 0 Å². The Labute approximate surface area is 197 Å². The Morgan fingerprint density at radius 2 is 1.38 bits per heavy atom. The monoisotopic (exact) mass is 445 g/mol. The summed E-state index contributed by atoms with van der Waals surface area (Å²) in [6.07, 6.45) is 0. The first kappa shape index (κ1) is 21.4. The maximum absolute atomic E-state index is 13.1. The maximum Gasteiger partial charge on any atom is 0.252 e. The van der Waals surface area contributed by atoms with E-state index in [4.69, 9.17) is 4.42 Å². The van der Waals surface area contributed by atoms with E-state index in [0.29, 0.717) is 22.3 Å². The largest absolute Gasteiger partial charge is 0.456 e. The van der Waals surface area contributed by atoms with Crippen LogP contribution in [0.1, 0.15) is 33.1 Å². The van der Waals surface area contributed by atoms with Crippen molar-refractivity contribution in [3.63, 3.8) is 0 Å². The van der Waals surface area contributed by atoms with E-state index in [2.05, 4.69) is 5.32 Å². The van der Waals surface area contributed by atoms with Crippen molar-refractivity contribution >= 4 is 16.9 Å². The Balaban J connectivity index is 1.42. The van der Waals surface area contributed by atoms with Gasteiger partial charge in [-0.1, -0.05) is 84.4 Å². The van der Waals surface area contributed by atoms with E-state index < -0.39 is 0 Å². The highest BCUT2D eigenvalue weighted by atomic mass is 16.3. The third-order valence-electron chi connectivity index (χ3n) is 5.86. The SMILES string of the molecule is Cc1ccc2oc(-c3ccc(C(=O)NC(c4ccccc4)c4ccccc4)cc3)cc(=O)c2c1. The van der Waals surface area contributed by atoms with Gasteiger partial charge in [-0.15, -0.1) is 0 Å². The van der Waals surface area contributed by atoms with Crippen molar-refractivity contribution in [2.75, 3.05) is 0 Å². The molecule has 4 aromatic carbocycles. The molecular formula is C30H23NO3. The van der Waals surface area contributed by atoms with Gasteiger partial charge in [-0.2, -0.15) is 0 Å². The van der Waals surface area contributed by atoms with Crippen molar-refractivity contribution in [2.24, 2.45) is 0 Å². The summed E-state index contributed by atoms with van der Waals surface area (Å²) in [4.78, 5) is 25.7. The van der Waals surface area contributed by atoms with E-state index in [1.54, 1.807) is 24.3 Å². The van der Waals surface area contributed by atoms with Crippen LogP contribution in [-0.2, 0) is 0 Å². The van der Waals surface area contributed by atoms with Gasteiger partial charge in [0.25, 0.3) is 5.91 Å². The average Bonchev–Trinajstić information content (AvgIpc) is 2.88. The highest BCUT2D eigenvalue weighted by Crippen LogP contribution is 2.25. The first-order chi connectivity index (χ1) is 16.6. The normalized spacial score (nSPS) is 11.0. The fraction of sp³-hybridized carbons (Fsp3) is 0.0667. The van der Waals surface area contributed by atoms with Crippen molar-refractivity contribution in [1.82, 2.24) is 5.32 Å². The summed E-state index contributed by atoms with van der Waals surface area (Å²) in [6, 6.07) is 33.7. The van der Waals surface area contributed by atoms with Gasteiger partial charge in [-0.25, -0.2) is 0 Å². The molecule has 0 unspecified atom stereocenters. The van der Waals surface area contributed by atoms with Gasteiger partial charge in [-0.05, 0) is 42.3 Å². The number of rotatable bonds is 5. The minimum absolute atomic E-state index is 0.0877. The summed E-state index contributed by atoms with van der Waals surface area (Å²) in [5, 5.41) is 3.71. The highest BCUT2D eigenvalue weighted by molar-refractivity contribution is 5.95. The van der Waals surface area contributed by atoms with Crippen LogP contribution in [-0.4, -0.2) is 5.91 Å². The lowest BCUT2D eigenvalue weighted by atomic mass is 9.98. The quantitative estimate of drug-likeness (QED) is 0.346. The zero-order valence-electron chi connectivity index (χ0n) is 18.7. The standard InChI is InChI=1S/C30H23NO3/c1-20-12-17-27-25(18-20)26(32)19-28(34-27)21-13-15-24(16-14-21)30(33)31-29(22-8-4-2-5-9-22)23-10-6-3-7-11-23/h2-19,29H,1H3,(H,31,33). The van der Waals surface area contributed by atoms with Crippen LogP contribution in [0.3, 0.4) is 0 Å². The Morgan fingerprint density at radius 1 is 0.765 bits per heavy atom. The van der Waals surface area contributed by atoms with E-state index >= 15 is 0 Å². The molecule has 4 heteroatoms. The number of fused-ring (bicyclic) bond motifs is 1. The van der Waals surface area contributed by atoms with Crippen LogP contribution in [0, 0.1) is 6.92 Å². The third-order valence-corrected chi connectivity index (χ3v) is 5.86. The van der Waals surface area contributed by atoms with Gasteiger partial charge in [0.15, 0.2) is 5.43 Å². The lowest BCUT2D eigenvalue weighted by Crippen LogP contribution is -2.29. The van der Waals surface area contributed by atoms with Gasteiger partial charge < -0.3 is 9.73 Å². The van der Waals surface area contributed by atoms with Crippen LogP contribution in [0.25, 0.3) is 22.3 Å². The minimum atomic E-state index is -0.267. The van der Waals surface area contributed by atoms with Crippen molar-refractivity contribution < 1.29 is 9.21 Å². The van der Waals surface area contributed by atoms with Crippen LogP contribution in [0.5, 0.6) is 0 Å². The minimum Gasteiger partial charge on any atom is -0.456 e. The molecular weight excluding hydrogens is 422 g/mol. The molecule has 0 saturated heterocycles. The van der Waals surface area contributed by atoms with Crippen molar-refractivity contribution in [1.29, 1.82) is 0 Å². The number of amides is 1. The number of benzene rings is 4. The van der Waals surface area contributed by atoms with Crippen LogP contribution in [0.15, 0.2) is 118 Å². The maximum atomic E-state index is 13.1. The molecule has 0 aliphatic carbocycles. The number of hydrogen-bond acceptors (Lipinski definition) is 3. The molecule has 34 heavy (non-hydrogen) atoms. The average molecular weight is 446 g/mol. The zero-order chi connectivity index (χ0) is 23.5. The molecule has 5 rings (SSSR count). The molecule has 1 N–H and O–H groups in total. The van der Waals surface area contributed by atoms with E-state index in [1.165, 1.54) is 6.07 Å². The number of carbonyl (C=O) groups is 1. The molecule has 1 heterocycles. The van der Waals surface area contributed by atoms with Gasteiger partial charge >= 0.3 is 0 Å². The molecule has 1 amide bonds. The topological polar surface area (TPSA) is 59.3 Å². The summed E-state index contributed by atoms with van der Waals surface area (Å²) in [6.45, 7) is 1.94. The Bertz CT molecular complexity index is 1470. The smallest absolute Gasteiger partial charge is 0.252 e. The van der Waals surface area contributed by atoms with E-state index in [-0.39, 0.29) is 17.4 Å². The van der Waals surface area contributed by atoms with Crippen molar-refractivity contribution in [3.05, 3.63) is 142 Å². The van der Waals surface area contributed by atoms with Gasteiger partial charge in [-0.3, -0.25) is 9.59 Å². The molecule has 0 spiro atoms. The molecule has 5 aromatic rings. The number of nitrogens with one attached hydrogen (secondary N) is 1. The lowest BCUT2D eigenvalue weighted by Gasteiger charge is -2.20. The molecule has 0 atom stereocenters. The van der Waals surface area contributed by atoms with Crippen LogP contribution < -0.4 is 10.7 Å². The fourth-order valence-corrected chi connectivity index (χ4v) is 4.06. The Hall–Kier alpha value is -4.44. The number of carbonyl (C=O) groups excluding carboxylic acids is 1. The molecule has 0 fully saturated rings. The van der Waals surface area contributed by atoms with Gasteiger partial charge in [0.05, 0.1) is 11.4 Å². The van der Waals surface area contributed by atoms with E-state index in [9.17, 15) is 9.59 Å². The highest BCUT2D eigenvalue weighted by Gasteiger charge is 2.18. The van der Waals surface area contributed by atoms with Crippen LogP contribution >= 0.6 is 0 Å². The first-order valence-corrected chi connectivity index (χ1v) is 11.1. The second kappa shape index (κ2) is 9.20. The van der Waals surface area contributed by atoms with E-state index in [1.807, 2.05) is 85.8 Å². The van der Waals surface area contributed by atoms with E-state index in [0.717, 1.165) is 22.3 Å². The Kier molecular flexibility index (Phi) is 5.79. The van der Waals surface area contributed by atoms with Gasteiger partial charge in [0.1, 0.15) is 11.3 Å². The molecule has 1 aromatic heterocycles. The van der Waals surface area contributed by atoms with Crippen LogP contribution in [0.4, 0.5) is 0 Å². The Morgan fingerprint density at radius 3 is 2.00 bits per heavy atom. The predicted octanol–water partition coefficient (Wildman–Crippen LogP) is 6.29. The molecule has 0 aliphatic rings. The number of hydrogen-bond donors (Lipinski definition) is 1. The summed E-state index contributed by atoms with van der Waals surface area (Å²) in [5.41, 5.74) is 4.74. The van der Waals surface area contributed by atoms with Crippen molar-refractivity contribution in [2.45, 2.75) is 13.0 Å². The predicted molar refractivity (Wildman–Crippen MR) is 135 cm³/mol. The molecule has 4 nitrogen and oxygen atoms in total. The molecule has 0 saturated carbocycles. The molecule has 0 bridgehead atoms.